The fourth-order valence-corrected chi connectivity index (χ4v) is 4.10. The highest BCUT2D eigenvalue weighted by Crippen LogP contribution is 2.13. The summed E-state index contributed by atoms with van der Waals surface area (Å²) in [4.78, 5) is 45.6. The molecule has 0 bridgehead atoms. The molecule has 0 N–H and O–H groups in total. The van der Waals surface area contributed by atoms with Gasteiger partial charge in [0.2, 0.25) is 5.91 Å². The number of carbonyl (C=O) groups is 1. The molecule has 10 heteroatoms. The van der Waals surface area contributed by atoms with Crippen molar-refractivity contribution in [1.29, 1.82) is 0 Å². The zero-order valence-electron chi connectivity index (χ0n) is 19.0. The van der Waals surface area contributed by atoms with Crippen molar-refractivity contribution in [2.45, 2.75) is 38.6 Å². The van der Waals surface area contributed by atoms with Crippen molar-refractivity contribution in [3.8, 4) is 0 Å². The van der Waals surface area contributed by atoms with Crippen molar-refractivity contribution in [3.63, 3.8) is 0 Å². The zero-order chi connectivity index (χ0) is 23.4. The molecule has 3 heterocycles. The number of hydrogen-bond acceptors (Lipinski definition) is 6. The first-order chi connectivity index (χ1) is 16.0. The molecule has 10 nitrogen and oxygen atoms in total. The van der Waals surface area contributed by atoms with Crippen LogP contribution in [0.1, 0.15) is 18.4 Å². The number of carbonyl (C=O) groups excluding carboxylic acids is 1. The number of hydrogen-bond donors (Lipinski definition) is 0. The van der Waals surface area contributed by atoms with Crippen LogP contribution in [0.3, 0.4) is 0 Å². The predicted octanol–water partition coefficient (Wildman–Crippen LogP) is 0.692. The first-order valence-corrected chi connectivity index (χ1v) is 11.1. The molecule has 0 aliphatic carbocycles. The highest BCUT2D eigenvalue weighted by molar-refractivity contribution is 5.76. The lowest BCUT2D eigenvalue weighted by Gasteiger charge is -2.21. The van der Waals surface area contributed by atoms with Gasteiger partial charge >= 0.3 is 5.69 Å². The minimum Gasteiger partial charge on any atom is -0.383 e. The van der Waals surface area contributed by atoms with Gasteiger partial charge in [0.15, 0.2) is 11.2 Å². The maximum absolute atomic E-state index is 13.4. The van der Waals surface area contributed by atoms with Gasteiger partial charge in [-0.3, -0.25) is 14.2 Å². The lowest BCUT2D eigenvalue weighted by molar-refractivity contribution is -0.132. The van der Waals surface area contributed by atoms with Crippen molar-refractivity contribution in [1.82, 2.24) is 23.6 Å². The maximum atomic E-state index is 13.4. The van der Waals surface area contributed by atoms with Crippen molar-refractivity contribution >= 4 is 17.1 Å². The molecule has 0 radical (unpaired) electrons. The van der Waals surface area contributed by atoms with Crippen LogP contribution in [-0.2, 0) is 33.9 Å². The molecule has 1 aromatic carbocycles. The van der Waals surface area contributed by atoms with Gasteiger partial charge < -0.3 is 18.9 Å². The Kier molecular flexibility index (Phi) is 7.05. The third kappa shape index (κ3) is 4.91. The van der Waals surface area contributed by atoms with Crippen LogP contribution in [0.5, 0.6) is 0 Å². The van der Waals surface area contributed by atoms with Gasteiger partial charge in [0.05, 0.1) is 25.6 Å². The average molecular weight is 456 g/mol. The van der Waals surface area contributed by atoms with Crippen LogP contribution >= 0.6 is 0 Å². The van der Waals surface area contributed by atoms with E-state index in [1.54, 1.807) is 18.7 Å². The maximum Gasteiger partial charge on any atom is 0.333 e. The second kappa shape index (κ2) is 10.1. The van der Waals surface area contributed by atoms with Crippen molar-refractivity contribution in [3.05, 3.63) is 63.1 Å². The SMILES string of the molecule is COCCn1cnc2c1c(=O)n(CC(=O)N(C)CC1CCCO1)c(=O)n2Cc1ccccc1. The van der Waals surface area contributed by atoms with E-state index in [2.05, 4.69) is 4.98 Å². The summed E-state index contributed by atoms with van der Waals surface area (Å²) in [6.45, 7) is 1.79. The molecule has 0 saturated carbocycles. The van der Waals surface area contributed by atoms with Crippen LogP contribution in [-0.4, -0.2) is 69.5 Å². The van der Waals surface area contributed by atoms with Gasteiger partial charge in [0.25, 0.3) is 5.56 Å². The lowest BCUT2D eigenvalue weighted by atomic mass is 10.2. The highest BCUT2D eigenvalue weighted by Gasteiger charge is 2.23. The Hall–Kier alpha value is -3.24. The van der Waals surface area contributed by atoms with E-state index in [1.807, 2.05) is 30.3 Å². The number of fused-ring (bicyclic) bond motifs is 1. The predicted molar refractivity (Wildman–Crippen MR) is 122 cm³/mol. The van der Waals surface area contributed by atoms with Crippen LogP contribution in [0, 0.1) is 0 Å². The summed E-state index contributed by atoms with van der Waals surface area (Å²) in [6, 6.07) is 9.46. The van der Waals surface area contributed by atoms with Gasteiger partial charge in [-0.05, 0) is 18.4 Å². The van der Waals surface area contributed by atoms with Gasteiger partial charge in [0, 0.05) is 33.9 Å². The fourth-order valence-electron chi connectivity index (χ4n) is 4.10. The van der Waals surface area contributed by atoms with E-state index in [9.17, 15) is 14.4 Å². The van der Waals surface area contributed by atoms with E-state index < -0.39 is 11.2 Å². The molecule has 4 rings (SSSR count). The van der Waals surface area contributed by atoms with Gasteiger partial charge in [-0.2, -0.15) is 0 Å². The zero-order valence-corrected chi connectivity index (χ0v) is 19.0. The smallest absolute Gasteiger partial charge is 0.333 e. The molecule has 1 atom stereocenters. The van der Waals surface area contributed by atoms with Crippen molar-refractivity contribution in [2.24, 2.45) is 0 Å². The van der Waals surface area contributed by atoms with Gasteiger partial charge in [-0.1, -0.05) is 30.3 Å². The molecule has 1 aliphatic rings. The summed E-state index contributed by atoms with van der Waals surface area (Å²) in [5.74, 6) is -0.321. The number of amides is 1. The summed E-state index contributed by atoms with van der Waals surface area (Å²) >= 11 is 0. The summed E-state index contributed by atoms with van der Waals surface area (Å²) in [5.41, 5.74) is 0.358. The first-order valence-electron chi connectivity index (χ1n) is 11.1. The molecule has 3 aromatic rings. The minimum atomic E-state index is -0.563. The average Bonchev–Trinajstić information content (AvgIpc) is 3.48. The quantitative estimate of drug-likeness (QED) is 0.471. The van der Waals surface area contributed by atoms with Crippen molar-refractivity contribution < 1.29 is 14.3 Å². The number of benzene rings is 1. The number of imidazole rings is 1. The third-order valence-electron chi connectivity index (χ3n) is 5.92. The summed E-state index contributed by atoms with van der Waals surface area (Å²) in [5, 5.41) is 0. The number of rotatable bonds is 9. The number of nitrogens with zero attached hydrogens (tertiary/aromatic N) is 5. The van der Waals surface area contributed by atoms with Crippen molar-refractivity contribution in [2.75, 3.05) is 33.9 Å². The minimum absolute atomic E-state index is 0.0108. The Labute approximate surface area is 191 Å². The van der Waals surface area contributed by atoms with E-state index >= 15 is 0 Å². The highest BCUT2D eigenvalue weighted by atomic mass is 16.5. The molecular weight excluding hydrogens is 426 g/mol. The standard InChI is InChI=1S/C23H29N5O5/c1-25(14-18-9-6-11-33-18)19(29)15-28-22(30)20-21(24-16-26(20)10-12-32-2)27(23(28)31)13-17-7-4-3-5-8-17/h3-5,7-8,16,18H,6,9-15H2,1-2H3. The molecule has 2 aromatic heterocycles. The Balaban J connectivity index is 1.73. The Morgan fingerprint density at radius 2 is 2.03 bits per heavy atom. The van der Waals surface area contributed by atoms with Gasteiger partial charge in [-0.25, -0.2) is 14.3 Å². The third-order valence-corrected chi connectivity index (χ3v) is 5.92. The second-order valence-electron chi connectivity index (χ2n) is 8.26. The summed E-state index contributed by atoms with van der Waals surface area (Å²) in [7, 11) is 3.24. The van der Waals surface area contributed by atoms with Gasteiger partial charge in [0.1, 0.15) is 6.54 Å². The second-order valence-corrected chi connectivity index (χ2v) is 8.26. The molecule has 1 amide bonds. The topological polar surface area (TPSA) is 101 Å². The van der Waals surface area contributed by atoms with Crippen LogP contribution < -0.4 is 11.2 Å². The molecule has 0 spiro atoms. The molecule has 1 aliphatic heterocycles. The first kappa shape index (κ1) is 22.9. The number of likely N-dealkylation sites (N-methyl/N-ethyl adjacent to an activating group) is 1. The summed E-state index contributed by atoms with van der Waals surface area (Å²) in [6.07, 6.45) is 3.38. The van der Waals surface area contributed by atoms with Crippen LogP contribution in [0.25, 0.3) is 11.2 Å². The summed E-state index contributed by atoms with van der Waals surface area (Å²) < 4.78 is 14.9. The van der Waals surface area contributed by atoms with Gasteiger partial charge in [-0.15, -0.1) is 0 Å². The Morgan fingerprint density at radius 3 is 2.73 bits per heavy atom. The molecule has 1 fully saturated rings. The molecule has 33 heavy (non-hydrogen) atoms. The largest absolute Gasteiger partial charge is 0.383 e. The number of ether oxygens (including phenoxy) is 2. The van der Waals surface area contributed by atoms with Crippen LogP contribution in [0.2, 0.25) is 0 Å². The normalized spacial score (nSPS) is 15.9. The fraction of sp³-hybridized carbons (Fsp3) is 0.478. The molecule has 1 saturated heterocycles. The van der Waals surface area contributed by atoms with E-state index in [1.165, 1.54) is 15.8 Å². The van der Waals surface area contributed by atoms with Crippen LogP contribution in [0.15, 0.2) is 46.2 Å². The Bertz CT molecular complexity index is 1220. The lowest BCUT2D eigenvalue weighted by Crippen LogP contribution is -2.45. The molecule has 1 unspecified atom stereocenters. The monoisotopic (exact) mass is 455 g/mol. The van der Waals surface area contributed by atoms with E-state index in [0.29, 0.717) is 32.0 Å². The van der Waals surface area contributed by atoms with E-state index in [0.717, 1.165) is 23.0 Å². The van der Waals surface area contributed by atoms with E-state index in [4.69, 9.17) is 9.47 Å². The Morgan fingerprint density at radius 1 is 1.24 bits per heavy atom. The molecule has 176 valence electrons. The van der Waals surface area contributed by atoms with Crippen LogP contribution in [0.4, 0.5) is 0 Å². The number of methoxy groups -OCH3 is 1. The molecular formula is C23H29N5O5. The van der Waals surface area contributed by atoms with E-state index in [-0.39, 0.29) is 30.6 Å². The number of aromatic nitrogens is 4.